The molecule has 0 saturated carbocycles. The third kappa shape index (κ3) is 4.99. The van der Waals surface area contributed by atoms with Crippen LogP contribution in [0.2, 0.25) is 0 Å². The molecule has 0 saturated heterocycles. The summed E-state index contributed by atoms with van der Waals surface area (Å²) in [5.41, 5.74) is 0. The Morgan fingerprint density at radius 1 is 1.60 bits per heavy atom. The van der Waals surface area contributed by atoms with Gasteiger partial charge in [0.05, 0.1) is 6.61 Å². The van der Waals surface area contributed by atoms with E-state index in [-0.39, 0.29) is 5.48 Å². The summed E-state index contributed by atoms with van der Waals surface area (Å²) in [6.45, 7) is 5.25. The molecule has 5 heteroatoms. The lowest BCUT2D eigenvalue weighted by molar-refractivity contribution is -0.0843. The summed E-state index contributed by atoms with van der Waals surface area (Å²) in [6, 6.07) is 0. The van der Waals surface area contributed by atoms with E-state index in [0.717, 1.165) is 6.54 Å². The zero-order valence-corrected chi connectivity index (χ0v) is 7.84. The lowest BCUT2D eigenvalue weighted by Crippen LogP contribution is -2.25. The van der Waals surface area contributed by atoms with Crippen molar-refractivity contribution in [2.45, 2.75) is 13.8 Å². The number of rotatable bonds is 3. The molecule has 0 atom stereocenters. The van der Waals surface area contributed by atoms with E-state index < -0.39 is 0 Å². The highest BCUT2D eigenvalue weighted by molar-refractivity contribution is 8.10. The monoisotopic (exact) mass is 183 g/mol. The number of hydroxylamine groups is 2. The molecule has 2 N–H and O–H groups in total. The molecule has 0 fully saturated rings. The average Bonchev–Trinajstić information content (AvgIpc) is 1.82. The van der Waals surface area contributed by atoms with Gasteiger partial charge in [0.1, 0.15) is 0 Å². The first-order valence-corrected chi connectivity index (χ1v) is 3.71. The SMILES string of the molecule is CCON(CC)C(=S)S.O. The Kier molecular flexibility index (Phi) is 9.31. The van der Waals surface area contributed by atoms with Gasteiger partial charge >= 0.3 is 0 Å². The second kappa shape index (κ2) is 7.27. The lowest BCUT2D eigenvalue weighted by atomic mass is 10.7. The van der Waals surface area contributed by atoms with Crippen molar-refractivity contribution in [1.29, 1.82) is 0 Å². The molecule has 0 aliphatic rings. The molecule has 3 nitrogen and oxygen atoms in total. The summed E-state index contributed by atoms with van der Waals surface area (Å²) in [7, 11) is 0. The second-order valence-electron chi connectivity index (χ2n) is 1.40. The van der Waals surface area contributed by atoms with Gasteiger partial charge in [-0.2, -0.15) is 0 Å². The summed E-state index contributed by atoms with van der Waals surface area (Å²) in [5.74, 6) is 0. The molecule has 0 unspecified atom stereocenters. The Balaban J connectivity index is 0. The van der Waals surface area contributed by atoms with Crippen LogP contribution in [0.5, 0.6) is 0 Å². The third-order valence-corrected chi connectivity index (χ3v) is 1.21. The standard InChI is InChI=1S/C5H11NOS2.H2O/c1-3-6(5(8)9)7-4-2;/h3-4H2,1-2H3,(H,8,9);1H2. The number of nitrogens with zero attached hydrogens (tertiary/aromatic N) is 1. The fraction of sp³-hybridized carbons (Fsp3) is 0.800. The van der Waals surface area contributed by atoms with Crippen LogP contribution in [0.15, 0.2) is 0 Å². The van der Waals surface area contributed by atoms with E-state index in [4.69, 9.17) is 17.1 Å². The molecule has 0 aromatic heterocycles. The van der Waals surface area contributed by atoms with Gasteiger partial charge in [-0.25, -0.2) is 5.06 Å². The summed E-state index contributed by atoms with van der Waals surface area (Å²) in [5, 5.41) is 1.57. The van der Waals surface area contributed by atoms with E-state index in [2.05, 4.69) is 12.6 Å². The van der Waals surface area contributed by atoms with Crippen LogP contribution >= 0.6 is 24.8 Å². The maximum atomic E-state index is 5.07. The molecule has 10 heavy (non-hydrogen) atoms. The molecule has 0 rings (SSSR count). The van der Waals surface area contributed by atoms with Crippen molar-refractivity contribution in [3.05, 3.63) is 0 Å². The molecule has 0 aromatic carbocycles. The highest BCUT2D eigenvalue weighted by Crippen LogP contribution is 1.96. The van der Waals surface area contributed by atoms with Gasteiger partial charge in [0.25, 0.3) is 0 Å². The average molecular weight is 183 g/mol. The van der Waals surface area contributed by atoms with E-state index in [1.165, 1.54) is 0 Å². The quantitative estimate of drug-likeness (QED) is 0.397. The molecule has 0 spiro atoms. The first-order valence-electron chi connectivity index (χ1n) is 2.85. The molecule has 0 aromatic rings. The fourth-order valence-electron chi connectivity index (χ4n) is 0.438. The van der Waals surface area contributed by atoms with Gasteiger partial charge in [-0.1, -0.05) is 12.2 Å². The van der Waals surface area contributed by atoms with Crippen LogP contribution in [-0.4, -0.2) is 28.0 Å². The van der Waals surface area contributed by atoms with Crippen LogP contribution in [0.4, 0.5) is 0 Å². The zero-order valence-electron chi connectivity index (χ0n) is 6.13. The van der Waals surface area contributed by atoms with Crippen LogP contribution in [0, 0.1) is 0 Å². The van der Waals surface area contributed by atoms with Crippen molar-refractivity contribution in [1.82, 2.24) is 5.06 Å². The molecule has 0 amide bonds. The summed E-state index contributed by atoms with van der Waals surface area (Å²) in [4.78, 5) is 5.07. The van der Waals surface area contributed by atoms with Gasteiger partial charge in [0.15, 0.2) is 4.32 Å². The van der Waals surface area contributed by atoms with Gasteiger partial charge in [0.2, 0.25) is 0 Å². The minimum Gasteiger partial charge on any atom is -0.412 e. The summed E-state index contributed by atoms with van der Waals surface area (Å²) in [6.07, 6.45) is 0. The Hall–Kier alpha value is 0.160. The van der Waals surface area contributed by atoms with Crippen molar-refractivity contribution in [2.24, 2.45) is 0 Å². The third-order valence-electron chi connectivity index (χ3n) is 0.786. The Morgan fingerprint density at radius 2 is 2.10 bits per heavy atom. The van der Waals surface area contributed by atoms with Gasteiger partial charge in [-0.15, -0.1) is 12.6 Å². The van der Waals surface area contributed by atoms with Crippen LogP contribution in [0.25, 0.3) is 0 Å². The predicted molar refractivity (Wildman–Crippen MR) is 49.2 cm³/mol. The molecule has 0 heterocycles. The van der Waals surface area contributed by atoms with Crippen molar-refractivity contribution >= 4 is 29.2 Å². The highest BCUT2D eigenvalue weighted by Gasteiger charge is 1.99. The fourth-order valence-corrected chi connectivity index (χ4v) is 0.819. The van der Waals surface area contributed by atoms with Crippen LogP contribution in [-0.2, 0) is 4.84 Å². The van der Waals surface area contributed by atoms with Gasteiger partial charge in [-0.3, -0.25) is 4.84 Å². The van der Waals surface area contributed by atoms with Crippen LogP contribution in [0.1, 0.15) is 13.8 Å². The van der Waals surface area contributed by atoms with Crippen LogP contribution in [0.3, 0.4) is 0 Å². The smallest absolute Gasteiger partial charge is 0.157 e. The molecular weight excluding hydrogens is 170 g/mol. The maximum absolute atomic E-state index is 5.07. The van der Waals surface area contributed by atoms with Crippen molar-refractivity contribution in [3.8, 4) is 0 Å². The number of hydrogen-bond acceptors (Lipinski definition) is 2. The van der Waals surface area contributed by atoms with E-state index in [9.17, 15) is 0 Å². The molecule has 0 aliphatic carbocycles. The van der Waals surface area contributed by atoms with Gasteiger partial charge in [-0.05, 0) is 13.8 Å². The summed E-state index contributed by atoms with van der Waals surface area (Å²) >= 11 is 8.69. The zero-order chi connectivity index (χ0) is 7.28. The topological polar surface area (TPSA) is 44.0 Å². The molecular formula is C5H13NO2S2. The molecule has 0 bridgehead atoms. The second-order valence-corrected chi connectivity index (χ2v) is 2.51. The maximum Gasteiger partial charge on any atom is 0.157 e. The summed E-state index contributed by atoms with van der Waals surface area (Å²) < 4.78 is 0.486. The molecule has 62 valence electrons. The van der Waals surface area contributed by atoms with Crippen molar-refractivity contribution < 1.29 is 10.3 Å². The van der Waals surface area contributed by atoms with E-state index in [1.807, 2.05) is 13.8 Å². The van der Waals surface area contributed by atoms with E-state index in [0.29, 0.717) is 10.9 Å². The lowest BCUT2D eigenvalue weighted by Gasteiger charge is -2.17. The van der Waals surface area contributed by atoms with Crippen LogP contribution < -0.4 is 0 Å². The number of hydrogen-bond donors (Lipinski definition) is 1. The minimum atomic E-state index is 0. The first kappa shape index (κ1) is 12.8. The normalized spacial score (nSPS) is 8.30. The Bertz CT molecular complexity index is 99.6. The highest BCUT2D eigenvalue weighted by atomic mass is 32.1. The van der Waals surface area contributed by atoms with E-state index in [1.54, 1.807) is 5.06 Å². The van der Waals surface area contributed by atoms with Crippen molar-refractivity contribution in [3.63, 3.8) is 0 Å². The Labute approximate surface area is 72.0 Å². The number of thiocarbonyl (C=S) groups is 1. The molecule has 0 radical (unpaired) electrons. The van der Waals surface area contributed by atoms with Gasteiger partial charge in [0, 0.05) is 6.54 Å². The van der Waals surface area contributed by atoms with Gasteiger partial charge < -0.3 is 5.48 Å². The minimum absolute atomic E-state index is 0. The number of thiol groups is 1. The van der Waals surface area contributed by atoms with E-state index >= 15 is 0 Å². The largest absolute Gasteiger partial charge is 0.412 e. The first-order chi connectivity index (χ1) is 4.22. The molecule has 0 aliphatic heterocycles. The van der Waals surface area contributed by atoms with Crippen molar-refractivity contribution in [2.75, 3.05) is 13.2 Å². The Morgan fingerprint density at radius 3 is 2.20 bits per heavy atom. The predicted octanol–water partition coefficient (Wildman–Crippen LogP) is 0.650.